The van der Waals surface area contributed by atoms with Crippen LogP contribution < -0.4 is 10.6 Å². The predicted octanol–water partition coefficient (Wildman–Crippen LogP) is 2.96. The number of nitrogens with zero attached hydrogens (tertiary/aromatic N) is 2. The van der Waals surface area contributed by atoms with Crippen LogP contribution >= 0.6 is 11.3 Å². The Balaban J connectivity index is 1.43. The molecule has 0 unspecified atom stereocenters. The SMILES string of the molecule is C[C@@H]1CN(Cc2csc(NC(=O)[C@@H]3CC(=O)Nc4cc(F)ccc43)n2)C[C@@H](C)O1. The van der Waals surface area contributed by atoms with E-state index in [0.29, 0.717) is 22.9 Å². The van der Waals surface area contributed by atoms with E-state index in [1.165, 1.54) is 23.5 Å². The standard InChI is InChI=1S/C20H23FN4O3S/c1-11-7-25(8-12(2)28-11)9-14-10-29-20(22-14)24-19(27)16-6-18(26)23-17-5-13(21)3-4-15(16)17/h3-5,10-12,16H,6-9H2,1-2H3,(H,23,26)(H,22,24,27)/t11-,12-,16-/m1/s1. The number of morpholine rings is 1. The summed E-state index contributed by atoms with van der Waals surface area (Å²) in [6.07, 6.45) is 0.379. The fourth-order valence-electron chi connectivity index (χ4n) is 3.94. The number of fused-ring (bicyclic) bond motifs is 1. The quantitative estimate of drug-likeness (QED) is 0.798. The van der Waals surface area contributed by atoms with Gasteiger partial charge in [0.1, 0.15) is 5.82 Å². The molecule has 1 fully saturated rings. The van der Waals surface area contributed by atoms with Crippen molar-refractivity contribution in [1.82, 2.24) is 9.88 Å². The highest BCUT2D eigenvalue weighted by atomic mass is 32.1. The third-order valence-electron chi connectivity index (χ3n) is 5.03. The molecule has 0 saturated carbocycles. The van der Waals surface area contributed by atoms with Gasteiger partial charge in [-0.3, -0.25) is 14.5 Å². The van der Waals surface area contributed by atoms with Crippen LogP contribution in [0.1, 0.15) is 37.4 Å². The molecular weight excluding hydrogens is 395 g/mol. The van der Waals surface area contributed by atoms with Gasteiger partial charge in [-0.15, -0.1) is 11.3 Å². The van der Waals surface area contributed by atoms with Crippen LogP contribution in [0.2, 0.25) is 0 Å². The topological polar surface area (TPSA) is 83.6 Å². The minimum absolute atomic E-state index is 0.0201. The Bertz CT molecular complexity index is 924. The van der Waals surface area contributed by atoms with Gasteiger partial charge in [0.15, 0.2) is 5.13 Å². The average molecular weight is 418 g/mol. The number of hydrogen-bond donors (Lipinski definition) is 2. The van der Waals surface area contributed by atoms with E-state index < -0.39 is 11.7 Å². The average Bonchev–Trinajstić information content (AvgIpc) is 3.06. The third kappa shape index (κ3) is 4.63. The minimum Gasteiger partial charge on any atom is -0.373 e. The van der Waals surface area contributed by atoms with Crippen molar-refractivity contribution in [1.29, 1.82) is 0 Å². The molecule has 9 heteroatoms. The fourth-order valence-corrected chi connectivity index (χ4v) is 4.65. The van der Waals surface area contributed by atoms with E-state index in [2.05, 4.69) is 34.4 Å². The number of halogens is 1. The zero-order valence-corrected chi connectivity index (χ0v) is 17.1. The number of aromatic nitrogens is 1. The summed E-state index contributed by atoms with van der Waals surface area (Å²) in [5, 5.41) is 7.86. The highest BCUT2D eigenvalue weighted by molar-refractivity contribution is 7.13. The van der Waals surface area contributed by atoms with E-state index in [9.17, 15) is 14.0 Å². The fraction of sp³-hybridized carbons (Fsp3) is 0.450. The van der Waals surface area contributed by atoms with Gasteiger partial charge in [-0.2, -0.15) is 0 Å². The molecule has 3 heterocycles. The molecular formula is C20H23FN4O3S. The Morgan fingerprint density at radius 3 is 2.90 bits per heavy atom. The van der Waals surface area contributed by atoms with Crippen LogP contribution in [0.15, 0.2) is 23.6 Å². The van der Waals surface area contributed by atoms with E-state index in [0.717, 1.165) is 18.8 Å². The summed E-state index contributed by atoms with van der Waals surface area (Å²) < 4.78 is 19.2. The van der Waals surface area contributed by atoms with Crippen molar-refractivity contribution >= 4 is 34.0 Å². The number of amides is 2. The number of thiazole rings is 1. The first-order chi connectivity index (χ1) is 13.9. The number of carbonyl (C=O) groups is 2. The summed E-state index contributed by atoms with van der Waals surface area (Å²) >= 11 is 1.36. The lowest BCUT2D eigenvalue weighted by Gasteiger charge is -2.34. The van der Waals surface area contributed by atoms with Crippen molar-refractivity contribution in [2.24, 2.45) is 0 Å². The number of rotatable bonds is 4. The van der Waals surface area contributed by atoms with Gasteiger partial charge in [0.25, 0.3) is 0 Å². The second-order valence-corrected chi connectivity index (χ2v) is 8.48. The van der Waals surface area contributed by atoms with Gasteiger partial charge in [-0.1, -0.05) is 6.07 Å². The van der Waals surface area contributed by atoms with Crippen LogP contribution in [0.3, 0.4) is 0 Å². The van der Waals surface area contributed by atoms with Crippen LogP contribution in [0.5, 0.6) is 0 Å². The van der Waals surface area contributed by atoms with Gasteiger partial charge in [0.2, 0.25) is 11.8 Å². The Hall–Kier alpha value is -2.36. The lowest BCUT2D eigenvalue weighted by Crippen LogP contribution is -2.44. The molecule has 7 nitrogen and oxygen atoms in total. The maximum atomic E-state index is 13.5. The second-order valence-electron chi connectivity index (χ2n) is 7.62. The third-order valence-corrected chi connectivity index (χ3v) is 5.84. The van der Waals surface area contributed by atoms with Crippen LogP contribution in [0.25, 0.3) is 0 Å². The van der Waals surface area contributed by atoms with Crippen LogP contribution in [0, 0.1) is 5.82 Å². The van der Waals surface area contributed by atoms with Gasteiger partial charge in [-0.25, -0.2) is 9.37 Å². The zero-order chi connectivity index (χ0) is 20.5. The zero-order valence-electron chi connectivity index (χ0n) is 16.3. The first kappa shape index (κ1) is 19.9. The molecule has 0 aliphatic carbocycles. The van der Waals surface area contributed by atoms with E-state index in [1.54, 1.807) is 6.07 Å². The van der Waals surface area contributed by atoms with Gasteiger partial charge >= 0.3 is 0 Å². The maximum Gasteiger partial charge on any atom is 0.234 e. The summed E-state index contributed by atoms with van der Waals surface area (Å²) in [6, 6.07) is 4.07. The number of hydrogen-bond acceptors (Lipinski definition) is 6. The molecule has 1 aromatic carbocycles. The van der Waals surface area contributed by atoms with Gasteiger partial charge < -0.3 is 15.4 Å². The summed E-state index contributed by atoms with van der Waals surface area (Å²) in [5.41, 5.74) is 1.84. The molecule has 2 N–H and O–H groups in total. The van der Waals surface area contributed by atoms with Gasteiger partial charge in [0.05, 0.1) is 23.8 Å². The lowest BCUT2D eigenvalue weighted by atomic mass is 9.90. The molecule has 1 saturated heterocycles. The number of nitrogens with one attached hydrogen (secondary N) is 2. The molecule has 2 aliphatic heterocycles. The molecule has 3 atom stereocenters. The Morgan fingerprint density at radius 2 is 2.14 bits per heavy atom. The van der Waals surface area contributed by atoms with Crippen molar-refractivity contribution < 1.29 is 18.7 Å². The molecule has 0 radical (unpaired) electrons. The molecule has 0 bridgehead atoms. The number of ether oxygens (including phenoxy) is 1. The summed E-state index contributed by atoms with van der Waals surface area (Å²) in [4.78, 5) is 31.6. The Kier molecular flexibility index (Phi) is 5.62. The van der Waals surface area contributed by atoms with E-state index >= 15 is 0 Å². The van der Waals surface area contributed by atoms with Crippen molar-refractivity contribution in [3.05, 3.63) is 40.7 Å². The largest absolute Gasteiger partial charge is 0.373 e. The van der Waals surface area contributed by atoms with Crippen LogP contribution in [0.4, 0.5) is 15.2 Å². The predicted molar refractivity (Wildman–Crippen MR) is 108 cm³/mol. The van der Waals surface area contributed by atoms with Crippen molar-refractivity contribution in [2.45, 2.75) is 44.9 Å². The summed E-state index contributed by atoms with van der Waals surface area (Å²) in [5.74, 6) is -1.75. The minimum atomic E-state index is -0.673. The molecule has 2 amide bonds. The Labute approximate surface area is 172 Å². The van der Waals surface area contributed by atoms with Crippen LogP contribution in [-0.4, -0.2) is 47.0 Å². The normalized spacial score (nSPS) is 24.7. The van der Waals surface area contributed by atoms with Crippen molar-refractivity contribution in [2.75, 3.05) is 23.7 Å². The van der Waals surface area contributed by atoms with Gasteiger partial charge in [0, 0.05) is 37.1 Å². The number of carbonyl (C=O) groups excluding carboxylic acids is 2. The van der Waals surface area contributed by atoms with E-state index in [-0.39, 0.29) is 30.4 Å². The van der Waals surface area contributed by atoms with Crippen molar-refractivity contribution in [3.8, 4) is 0 Å². The lowest BCUT2D eigenvalue weighted by molar-refractivity contribution is -0.123. The molecule has 0 spiro atoms. The second kappa shape index (κ2) is 8.17. The van der Waals surface area contributed by atoms with E-state index in [4.69, 9.17) is 4.74 Å². The van der Waals surface area contributed by atoms with Crippen LogP contribution in [-0.2, 0) is 20.9 Å². The van der Waals surface area contributed by atoms with Crippen molar-refractivity contribution in [3.63, 3.8) is 0 Å². The summed E-state index contributed by atoms with van der Waals surface area (Å²) in [7, 11) is 0. The van der Waals surface area contributed by atoms with Gasteiger partial charge in [-0.05, 0) is 31.5 Å². The molecule has 154 valence electrons. The molecule has 4 rings (SSSR count). The Morgan fingerprint density at radius 1 is 1.38 bits per heavy atom. The number of benzene rings is 1. The first-order valence-corrected chi connectivity index (χ1v) is 10.5. The smallest absolute Gasteiger partial charge is 0.234 e. The highest BCUT2D eigenvalue weighted by Gasteiger charge is 2.31. The summed E-state index contributed by atoms with van der Waals surface area (Å²) in [6.45, 7) is 6.49. The highest BCUT2D eigenvalue weighted by Crippen LogP contribution is 2.34. The monoisotopic (exact) mass is 418 g/mol. The molecule has 1 aromatic heterocycles. The maximum absolute atomic E-state index is 13.5. The molecule has 29 heavy (non-hydrogen) atoms. The van der Waals surface area contributed by atoms with E-state index in [1.807, 2.05) is 5.38 Å². The first-order valence-electron chi connectivity index (χ1n) is 9.59. The molecule has 2 aromatic rings. The molecule has 2 aliphatic rings. The number of anilines is 2.